The Bertz CT molecular complexity index is 442. The molecule has 2 fully saturated rings. The van der Waals surface area contributed by atoms with Gasteiger partial charge in [-0.2, -0.15) is 0 Å². The van der Waals surface area contributed by atoms with E-state index >= 15 is 0 Å². The lowest BCUT2D eigenvalue weighted by Crippen LogP contribution is -2.59. The van der Waals surface area contributed by atoms with E-state index in [1.165, 1.54) is 3.57 Å². The van der Waals surface area contributed by atoms with Gasteiger partial charge in [0.2, 0.25) is 0 Å². The summed E-state index contributed by atoms with van der Waals surface area (Å²) in [7, 11) is 0. The van der Waals surface area contributed by atoms with Crippen molar-refractivity contribution in [3.63, 3.8) is 0 Å². The molecule has 1 N–H and O–H groups in total. The standard InChI is InChI=1S/C13H18IN3O2/c1-9-11(18)8-17(9)13-7-10(14)6-12(15-13)16-2-4-19-5-3-16/h6-7,9,11,18H,2-5,8H2,1H3. The molecule has 6 heteroatoms. The molecule has 2 aliphatic rings. The van der Waals surface area contributed by atoms with Gasteiger partial charge in [-0.25, -0.2) is 4.98 Å². The van der Waals surface area contributed by atoms with Crippen LogP contribution in [0.25, 0.3) is 0 Å². The second-order valence-electron chi connectivity index (χ2n) is 5.06. The van der Waals surface area contributed by atoms with Crippen molar-refractivity contribution in [2.24, 2.45) is 0 Å². The molecule has 0 spiro atoms. The maximum atomic E-state index is 9.64. The summed E-state index contributed by atoms with van der Waals surface area (Å²) < 4.78 is 6.56. The van der Waals surface area contributed by atoms with E-state index in [4.69, 9.17) is 9.72 Å². The number of nitrogens with zero attached hydrogens (tertiary/aromatic N) is 3. The molecule has 5 nitrogen and oxygen atoms in total. The van der Waals surface area contributed by atoms with Gasteiger partial charge in [0.15, 0.2) is 0 Å². The van der Waals surface area contributed by atoms with Crippen LogP contribution in [0.3, 0.4) is 0 Å². The molecule has 2 atom stereocenters. The highest BCUT2D eigenvalue weighted by Crippen LogP contribution is 2.29. The molecule has 0 amide bonds. The molecule has 1 aromatic heterocycles. The van der Waals surface area contributed by atoms with Crippen molar-refractivity contribution in [1.29, 1.82) is 0 Å². The number of aliphatic hydroxyl groups excluding tert-OH is 1. The lowest BCUT2D eigenvalue weighted by atomic mass is 10.0. The van der Waals surface area contributed by atoms with Gasteiger partial charge in [-0.05, 0) is 41.6 Å². The number of β-amino-alcohol motifs (C(OH)–C–C–N with tert-alkyl or cyclic N) is 1. The Morgan fingerprint density at radius 3 is 2.63 bits per heavy atom. The Labute approximate surface area is 126 Å². The van der Waals surface area contributed by atoms with Crippen molar-refractivity contribution in [2.75, 3.05) is 42.6 Å². The third-order valence-electron chi connectivity index (χ3n) is 3.82. The average molecular weight is 375 g/mol. The minimum atomic E-state index is -0.230. The van der Waals surface area contributed by atoms with Gasteiger partial charge in [0.05, 0.1) is 25.4 Å². The summed E-state index contributed by atoms with van der Waals surface area (Å²) in [5, 5.41) is 9.64. The lowest BCUT2D eigenvalue weighted by Gasteiger charge is -2.44. The van der Waals surface area contributed by atoms with E-state index in [0.29, 0.717) is 6.54 Å². The predicted octanol–water partition coefficient (Wildman–Crippen LogP) is 1.09. The fraction of sp³-hybridized carbons (Fsp3) is 0.615. The first-order valence-electron chi connectivity index (χ1n) is 6.60. The van der Waals surface area contributed by atoms with Crippen LogP contribution < -0.4 is 9.80 Å². The molecular formula is C13H18IN3O2. The third kappa shape index (κ3) is 2.66. The van der Waals surface area contributed by atoms with Crippen LogP contribution >= 0.6 is 22.6 Å². The average Bonchev–Trinajstić information content (AvgIpc) is 2.44. The van der Waals surface area contributed by atoms with Crippen LogP contribution in [0.4, 0.5) is 11.6 Å². The summed E-state index contributed by atoms with van der Waals surface area (Å²) in [6.07, 6.45) is -0.230. The van der Waals surface area contributed by atoms with Gasteiger partial charge in [0, 0.05) is 23.2 Å². The number of hydrogen-bond acceptors (Lipinski definition) is 5. The zero-order chi connectivity index (χ0) is 13.4. The van der Waals surface area contributed by atoms with Crippen LogP contribution in [0.15, 0.2) is 12.1 Å². The van der Waals surface area contributed by atoms with Gasteiger partial charge in [0.25, 0.3) is 0 Å². The van der Waals surface area contributed by atoms with E-state index in [9.17, 15) is 5.11 Å². The molecule has 104 valence electrons. The van der Waals surface area contributed by atoms with Crippen molar-refractivity contribution in [3.8, 4) is 0 Å². The van der Waals surface area contributed by atoms with Crippen molar-refractivity contribution in [1.82, 2.24) is 4.98 Å². The van der Waals surface area contributed by atoms with E-state index in [1.54, 1.807) is 0 Å². The summed E-state index contributed by atoms with van der Waals surface area (Å²) in [5.74, 6) is 1.98. The van der Waals surface area contributed by atoms with Gasteiger partial charge in [-0.3, -0.25) is 0 Å². The molecule has 0 saturated carbocycles. The number of morpholine rings is 1. The molecule has 19 heavy (non-hydrogen) atoms. The molecule has 2 saturated heterocycles. The molecule has 2 aliphatic heterocycles. The maximum absolute atomic E-state index is 9.64. The topological polar surface area (TPSA) is 48.8 Å². The number of halogens is 1. The fourth-order valence-corrected chi connectivity index (χ4v) is 3.02. The van der Waals surface area contributed by atoms with Crippen LogP contribution in [-0.4, -0.2) is 55.1 Å². The number of rotatable bonds is 2. The van der Waals surface area contributed by atoms with Gasteiger partial charge in [0.1, 0.15) is 11.6 Å². The van der Waals surface area contributed by atoms with Crippen molar-refractivity contribution in [2.45, 2.75) is 19.1 Å². The smallest absolute Gasteiger partial charge is 0.132 e. The van der Waals surface area contributed by atoms with Crippen molar-refractivity contribution >= 4 is 34.2 Å². The molecular weight excluding hydrogens is 357 g/mol. The fourth-order valence-electron chi connectivity index (χ4n) is 2.46. The number of anilines is 2. The Morgan fingerprint density at radius 1 is 1.32 bits per heavy atom. The number of aliphatic hydroxyl groups is 1. The summed E-state index contributed by atoms with van der Waals surface area (Å²) in [5.41, 5.74) is 0. The lowest BCUT2D eigenvalue weighted by molar-refractivity contribution is 0.0987. The van der Waals surface area contributed by atoms with E-state index in [0.717, 1.165) is 37.9 Å². The van der Waals surface area contributed by atoms with Crippen LogP contribution in [0.2, 0.25) is 0 Å². The molecule has 3 rings (SSSR count). The highest BCUT2D eigenvalue weighted by atomic mass is 127. The van der Waals surface area contributed by atoms with Crippen LogP contribution in [0.5, 0.6) is 0 Å². The zero-order valence-electron chi connectivity index (χ0n) is 10.9. The minimum absolute atomic E-state index is 0.156. The van der Waals surface area contributed by atoms with Gasteiger partial charge < -0.3 is 19.6 Å². The predicted molar refractivity (Wildman–Crippen MR) is 82.8 cm³/mol. The number of aromatic nitrogens is 1. The van der Waals surface area contributed by atoms with Gasteiger partial charge >= 0.3 is 0 Å². The van der Waals surface area contributed by atoms with Crippen LogP contribution in [0.1, 0.15) is 6.92 Å². The Hall–Kier alpha value is -0.600. The van der Waals surface area contributed by atoms with Gasteiger partial charge in [-0.15, -0.1) is 0 Å². The molecule has 1 aromatic rings. The second-order valence-corrected chi connectivity index (χ2v) is 6.31. The molecule has 3 heterocycles. The summed E-state index contributed by atoms with van der Waals surface area (Å²) >= 11 is 2.33. The van der Waals surface area contributed by atoms with Crippen LogP contribution in [-0.2, 0) is 4.74 Å². The molecule has 2 unspecified atom stereocenters. The SMILES string of the molecule is CC1C(O)CN1c1cc(I)cc(N2CCOCC2)n1. The Kier molecular flexibility index (Phi) is 3.81. The first kappa shape index (κ1) is 13.4. The molecule has 0 radical (unpaired) electrons. The van der Waals surface area contributed by atoms with Gasteiger partial charge in [-0.1, -0.05) is 0 Å². The second kappa shape index (κ2) is 5.41. The molecule has 0 aromatic carbocycles. The monoisotopic (exact) mass is 375 g/mol. The highest BCUT2D eigenvalue weighted by molar-refractivity contribution is 14.1. The normalized spacial score (nSPS) is 27.3. The number of hydrogen-bond donors (Lipinski definition) is 1. The van der Waals surface area contributed by atoms with Crippen molar-refractivity contribution in [3.05, 3.63) is 15.7 Å². The molecule has 0 bridgehead atoms. The van der Waals surface area contributed by atoms with Crippen molar-refractivity contribution < 1.29 is 9.84 Å². The summed E-state index contributed by atoms with van der Waals surface area (Å²) in [6.45, 7) is 6.03. The maximum Gasteiger partial charge on any atom is 0.132 e. The Balaban J connectivity index is 1.83. The summed E-state index contributed by atoms with van der Waals surface area (Å²) in [4.78, 5) is 9.15. The molecule has 0 aliphatic carbocycles. The van der Waals surface area contributed by atoms with E-state index in [1.807, 2.05) is 6.92 Å². The largest absolute Gasteiger partial charge is 0.389 e. The van der Waals surface area contributed by atoms with E-state index in [2.05, 4.69) is 44.5 Å². The first-order chi connectivity index (χ1) is 9.15. The Morgan fingerprint density at radius 2 is 2.00 bits per heavy atom. The quantitative estimate of drug-likeness (QED) is 0.785. The highest BCUT2D eigenvalue weighted by Gasteiger charge is 2.35. The van der Waals surface area contributed by atoms with Crippen LogP contribution in [0, 0.1) is 3.57 Å². The zero-order valence-corrected chi connectivity index (χ0v) is 13.1. The number of pyridine rings is 1. The van der Waals surface area contributed by atoms with E-state index < -0.39 is 0 Å². The minimum Gasteiger partial charge on any atom is -0.389 e. The first-order valence-corrected chi connectivity index (χ1v) is 7.68. The third-order valence-corrected chi connectivity index (χ3v) is 4.45. The summed E-state index contributed by atoms with van der Waals surface area (Å²) in [6, 6.07) is 4.34. The number of ether oxygens (including phenoxy) is 1. The van der Waals surface area contributed by atoms with E-state index in [-0.39, 0.29) is 12.1 Å².